The van der Waals surface area contributed by atoms with E-state index in [4.69, 9.17) is 9.47 Å². The van der Waals surface area contributed by atoms with Crippen molar-refractivity contribution in [2.75, 3.05) is 32.7 Å². The molecule has 0 aromatic heterocycles. The number of hydrogen-bond donors (Lipinski definition) is 0. The summed E-state index contributed by atoms with van der Waals surface area (Å²) < 4.78 is 10.3. The van der Waals surface area contributed by atoms with Crippen molar-refractivity contribution in [3.63, 3.8) is 0 Å². The molecule has 0 saturated heterocycles. The highest BCUT2D eigenvalue weighted by atomic mass is 16.5. The van der Waals surface area contributed by atoms with Crippen molar-refractivity contribution in [3.05, 3.63) is 24.3 Å². The van der Waals surface area contributed by atoms with Crippen molar-refractivity contribution in [2.45, 2.75) is 19.3 Å². The molecule has 1 saturated carbocycles. The summed E-state index contributed by atoms with van der Waals surface area (Å²) in [4.78, 5) is 14.0. The van der Waals surface area contributed by atoms with E-state index >= 15 is 0 Å². The third-order valence-electron chi connectivity index (χ3n) is 3.97. The Morgan fingerprint density at radius 3 is 2.53 bits per heavy atom. The predicted octanol–water partition coefficient (Wildman–Crippen LogP) is 2.47. The van der Waals surface area contributed by atoms with E-state index in [-0.39, 0.29) is 11.4 Å². The van der Waals surface area contributed by atoms with Gasteiger partial charge >= 0.3 is 5.97 Å². The largest absolute Gasteiger partial charge is 0.495 e. The van der Waals surface area contributed by atoms with Crippen molar-refractivity contribution in [1.29, 1.82) is 0 Å². The van der Waals surface area contributed by atoms with Crippen LogP contribution in [0.25, 0.3) is 0 Å². The van der Waals surface area contributed by atoms with Gasteiger partial charge in [-0.2, -0.15) is 0 Å². The molecule has 1 aliphatic carbocycles. The molecule has 0 spiro atoms. The molecule has 4 heteroatoms. The first kappa shape index (κ1) is 13.7. The minimum Gasteiger partial charge on any atom is -0.495 e. The van der Waals surface area contributed by atoms with Crippen LogP contribution >= 0.6 is 0 Å². The standard InChI is InChI=1S/C15H21NO3/c1-16(12-7-4-5-8-13(12)18-2)11-15(9-6-10-15)14(17)19-3/h4-5,7-8H,6,9-11H2,1-3H3. The molecule has 0 N–H and O–H groups in total. The van der Waals surface area contributed by atoms with Gasteiger partial charge in [0, 0.05) is 13.6 Å². The number of methoxy groups -OCH3 is 2. The molecule has 1 aromatic carbocycles. The Morgan fingerprint density at radius 1 is 1.32 bits per heavy atom. The SMILES string of the molecule is COC(=O)C1(CN(C)c2ccccc2OC)CCC1. The van der Waals surface area contributed by atoms with Crippen LogP contribution < -0.4 is 9.64 Å². The molecule has 1 fully saturated rings. The Balaban J connectivity index is 2.16. The number of esters is 1. The molecule has 4 nitrogen and oxygen atoms in total. The lowest BCUT2D eigenvalue weighted by Gasteiger charge is -2.42. The Bertz CT molecular complexity index is 454. The van der Waals surface area contributed by atoms with Crippen LogP contribution in [0.3, 0.4) is 0 Å². The quantitative estimate of drug-likeness (QED) is 0.765. The number of rotatable bonds is 5. The van der Waals surface area contributed by atoms with Gasteiger partial charge in [0.1, 0.15) is 5.75 Å². The van der Waals surface area contributed by atoms with Gasteiger partial charge in [0.2, 0.25) is 0 Å². The highest BCUT2D eigenvalue weighted by Gasteiger charge is 2.46. The summed E-state index contributed by atoms with van der Waals surface area (Å²) in [6.07, 6.45) is 2.90. The first-order chi connectivity index (χ1) is 9.13. The molecule has 104 valence electrons. The minimum atomic E-state index is -0.343. The number of ether oxygens (including phenoxy) is 2. The number of nitrogens with zero attached hydrogens (tertiary/aromatic N) is 1. The molecular weight excluding hydrogens is 242 g/mol. The zero-order valence-corrected chi connectivity index (χ0v) is 11.8. The fourth-order valence-electron chi connectivity index (χ4n) is 2.73. The van der Waals surface area contributed by atoms with Gasteiger partial charge in [0.25, 0.3) is 0 Å². The van der Waals surface area contributed by atoms with Crippen LogP contribution in [0.2, 0.25) is 0 Å². The molecule has 0 bridgehead atoms. The van der Waals surface area contributed by atoms with Crippen molar-refractivity contribution in [3.8, 4) is 5.75 Å². The minimum absolute atomic E-state index is 0.0968. The Morgan fingerprint density at radius 2 is 2.00 bits per heavy atom. The van der Waals surface area contributed by atoms with Gasteiger partial charge in [-0.15, -0.1) is 0 Å². The summed E-state index contributed by atoms with van der Waals surface area (Å²) in [6.45, 7) is 0.667. The Labute approximate surface area is 114 Å². The molecule has 1 aliphatic rings. The topological polar surface area (TPSA) is 38.8 Å². The fraction of sp³-hybridized carbons (Fsp3) is 0.533. The number of benzene rings is 1. The summed E-state index contributed by atoms with van der Waals surface area (Å²) in [6, 6.07) is 7.84. The zero-order valence-electron chi connectivity index (χ0n) is 11.8. The zero-order chi connectivity index (χ0) is 13.9. The summed E-state index contributed by atoms with van der Waals surface area (Å²) >= 11 is 0. The number of carbonyl (C=O) groups is 1. The van der Waals surface area contributed by atoms with Crippen LogP contribution in [0, 0.1) is 5.41 Å². The van der Waals surface area contributed by atoms with E-state index in [9.17, 15) is 4.79 Å². The van der Waals surface area contributed by atoms with Gasteiger partial charge in [-0.1, -0.05) is 18.6 Å². The lowest BCUT2D eigenvalue weighted by molar-refractivity contribution is -0.157. The molecule has 0 amide bonds. The van der Waals surface area contributed by atoms with E-state index in [2.05, 4.69) is 4.90 Å². The number of hydrogen-bond acceptors (Lipinski definition) is 4. The number of para-hydroxylation sites is 2. The summed E-state index contributed by atoms with van der Waals surface area (Å²) in [7, 11) is 5.11. The highest BCUT2D eigenvalue weighted by molar-refractivity contribution is 5.79. The van der Waals surface area contributed by atoms with Crippen LogP contribution in [-0.2, 0) is 9.53 Å². The van der Waals surface area contributed by atoms with Crippen LogP contribution in [0.5, 0.6) is 5.75 Å². The van der Waals surface area contributed by atoms with Crippen LogP contribution in [-0.4, -0.2) is 33.8 Å². The lowest BCUT2D eigenvalue weighted by Crippen LogP contribution is -2.47. The van der Waals surface area contributed by atoms with Crippen LogP contribution in [0.4, 0.5) is 5.69 Å². The van der Waals surface area contributed by atoms with E-state index < -0.39 is 0 Å². The normalized spacial score (nSPS) is 16.4. The first-order valence-corrected chi connectivity index (χ1v) is 6.55. The maximum absolute atomic E-state index is 12.0. The second kappa shape index (κ2) is 5.51. The smallest absolute Gasteiger partial charge is 0.313 e. The third kappa shape index (κ3) is 2.53. The third-order valence-corrected chi connectivity index (χ3v) is 3.97. The van der Waals surface area contributed by atoms with Crippen molar-refractivity contribution in [1.82, 2.24) is 0 Å². The van der Waals surface area contributed by atoms with Crippen molar-refractivity contribution < 1.29 is 14.3 Å². The Hall–Kier alpha value is -1.71. The molecule has 0 atom stereocenters. The first-order valence-electron chi connectivity index (χ1n) is 6.55. The van der Waals surface area contributed by atoms with E-state index in [1.165, 1.54) is 7.11 Å². The molecular formula is C15H21NO3. The monoisotopic (exact) mass is 263 g/mol. The Kier molecular flexibility index (Phi) is 3.98. The van der Waals surface area contributed by atoms with Gasteiger partial charge in [0.05, 0.1) is 25.3 Å². The highest BCUT2D eigenvalue weighted by Crippen LogP contribution is 2.43. The second-order valence-corrected chi connectivity index (χ2v) is 5.15. The van der Waals surface area contributed by atoms with E-state index in [0.29, 0.717) is 6.54 Å². The molecule has 2 rings (SSSR count). The van der Waals surface area contributed by atoms with Gasteiger partial charge in [-0.3, -0.25) is 4.79 Å². The molecule has 0 unspecified atom stereocenters. The lowest BCUT2D eigenvalue weighted by atomic mass is 9.68. The molecule has 0 heterocycles. The molecule has 1 aromatic rings. The van der Waals surface area contributed by atoms with E-state index in [1.807, 2.05) is 31.3 Å². The molecule has 19 heavy (non-hydrogen) atoms. The molecule has 0 radical (unpaired) electrons. The maximum atomic E-state index is 12.0. The van der Waals surface area contributed by atoms with Crippen molar-refractivity contribution in [2.24, 2.45) is 5.41 Å². The van der Waals surface area contributed by atoms with Gasteiger partial charge in [-0.25, -0.2) is 0 Å². The maximum Gasteiger partial charge on any atom is 0.313 e. The van der Waals surface area contributed by atoms with Crippen molar-refractivity contribution >= 4 is 11.7 Å². The van der Waals surface area contributed by atoms with Gasteiger partial charge < -0.3 is 14.4 Å². The molecule has 0 aliphatic heterocycles. The van der Waals surface area contributed by atoms with E-state index in [0.717, 1.165) is 30.7 Å². The second-order valence-electron chi connectivity index (χ2n) is 5.15. The predicted molar refractivity (Wildman–Crippen MR) is 74.6 cm³/mol. The van der Waals surface area contributed by atoms with Gasteiger partial charge in [-0.05, 0) is 25.0 Å². The number of carbonyl (C=O) groups excluding carboxylic acids is 1. The summed E-state index contributed by atoms with van der Waals surface area (Å²) in [5.41, 5.74) is 0.657. The van der Waals surface area contributed by atoms with Crippen LogP contribution in [0.1, 0.15) is 19.3 Å². The number of anilines is 1. The average molecular weight is 263 g/mol. The summed E-state index contributed by atoms with van der Waals surface area (Å²) in [5, 5.41) is 0. The van der Waals surface area contributed by atoms with Crippen LogP contribution in [0.15, 0.2) is 24.3 Å². The summed E-state index contributed by atoms with van der Waals surface area (Å²) in [5.74, 6) is 0.727. The average Bonchev–Trinajstić information content (AvgIpc) is 2.41. The van der Waals surface area contributed by atoms with Gasteiger partial charge in [0.15, 0.2) is 0 Å². The van der Waals surface area contributed by atoms with E-state index in [1.54, 1.807) is 7.11 Å². The fourth-order valence-corrected chi connectivity index (χ4v) is 2.73.